The minimum atomic E-state index is -0.348. The van der Waals surface area contributed by atoms with E-state index in [0.717, 1.165) is 5.56 Å². The summed E-state index contributed by atoms with van der Waals surface area (Å²) < 4.78 is 12.0. The molecule has 2 nitrogen and oxygen atoms in total. The van der Waals surface area contributed by atoms with Crippen LogP contribution in [0.3, 0.4) is 0 Å². The first kappa shape index (κ1) is 13.9. The van der Waals surface area contributed by atoms with E-state index in [0.29, 0.717) is 17.5 Å². The largest absolute Gasteiger partial charge is 0.348 e. The first-order chi connectivity index (χ1) is 8.42. The molecule has 0 aromatic heterocycles. The summed E-state index contributed by atoms with van der Waals surface area (Å²) in [5.41, 5.74) is 0.951. The van der Waals surface area contributed by atoms with E-state index >= 15 is 0 Å². The van der Waals surface area contributed by atoms with Crippen LogP contribution in [0.1, 0.15) is 39.5 Å². The molecule has 1 heterocycles. The molecule has 0 N–H and O–H groups in total. The van der Waals surface area contributed by atoms with Crippen molar-refractivity contribution in [3.63, 3.8) is 0 Å². The monoisotopic (exact) mass is 268 g/mol. The van der Waals surface area contributed by atoms with Crippen LogP contribution in [-0.4, -0.2) is 12.7 Å². The van der Waals surface area contributed by atoms with Crippen molar-refractivity contribution in [2.24, 2.45) is 11.3 Å². The van der Waals surface area contributed by atoms with Crippen LogP contribution in [0.15, 0.2) is 24.3 Å². The quantitative estimate of drug-likeness (QED) is 0.790. The summed E-state index contributed by atoms with van der Waals surface area (Å²) in [5, 5.41) is 0.699. The molecule has 1 aromatic carbocycles. The average molecular weight is 269 g/mol. The fourth-order valence-electron chi connectivity index (χ4n) is 2.62. The third-order valence-electron chi connectivity index (χ3n) is 3.41. The van der Waals surface area contributed by atoms with Crippen molar-refractivity contribution in [3.05, 3.63) is 34.9 Å². The highest BCUT2D eigenvalue weighted by Crippen LogP contribution is 2.40. The SMILES string of the molecule is CC(C)[C@H]1O[C@@H](c2ccccc2Cl)OCC1(C)C. The van der Waals surface area contributed by atoms with Crippen molar-refractivity contribution < 1.29 is 9.47 Å². The maximum Gasteiger partial charge on any atom is 0.185 e. The number of halogens is 1. The number of benzene rings is 1. The zero-order valence-corrected chi connectivity index (χ0v) is 12.2. The van der Waals surface area contributed by atoms with Crippen molar-refractivity contribution in [3.8, 4) is 0 Å². The fourth-order valence-corrected chi connectivity index (χ4v) is 2.84. The molecule has 1 aliphatic heterocycles. The van der Waals surface area contributed by atoms with Gasteiger partial charge in [-0.3, -0.25) is 0 Å². The Morgan fingerprint density at radius 1 is 1.28 bits per heavy atom. The zero-order valence-electron chi connectivity index (χ0n) is 11.4. The minimum Gasteiger partial charge on any atom is -0.348 e. The second kappa shape index (κ2) is 5.20. The van der Waals surface area contributed by atoms with Crippen LogP contribution < -0.4 is 0 Å². The van der Waals surface area contributed by atoms with Gasteiger partial charge in [0.15, 0.2) is 6.29 Å². The van der Waals surface area contributed by atoms with E-state index in [-0.39, 0.29) is 17.8 Å². The van der Waals surface area contributed by atoms with Crippen LogP contribution in [0.2, 0.25) is 5.02 Å². The van der Waals surface area contributed by atoms with Crippen LogP contribution >= 0.6 is 11.6 Å². The lowest BCUT2D eigenvalue weighted by Crippen LogP contribution is -2.45. The van der Waals surface area contributed by atoms with E-state index in [9.17, 15) is 0 Å². The van der Waals surface area contributed by atoms with Gasteiger partial charge in [-0.15, -0.1) is 0 Å². The second-order valence-corrected chi connectivity index (χ2v) is 6.36. The molecule has 1 fully saturated rings. The molecule has 0 bridgehead atoms. The Balaban J connectivity index is 2.21. The summed E-state index contributed by atoms with van der Waals surface area (Å²) in [5.74, 6) is 0.453. The first-order valence-electron chi connectivity index (χ1n) is 6.43. The Labute approximate surface area is 114 Å². The lowest BCUT2D eigenvalue weighted by molar-refractivity contribution is -0.274. The fraction of sp³-hybridized carbons (Fsp3) is 0.600. The van der Waals surface area contributed by atoms with Gasteiger partial charge in [-0.1, -0.05) is 57.5 Å². The molecule has 0 radical (unpaired) electrons. The molecule has 1 saturated heterocycles. The first-order valence-corrected chi connectivity index (χ1v) is 6.81. The van der Waals surface area contributed by atoms with Crippen molar-refractivity contribution in [2.45, 2.75) is 40.1 Å². The molecule has 100 valence electrons. The van der Waals surface area contributed by atoms with Gasteiger partial charge in [0, 0.05) is 16.0 Å². The molecular formula is C15H21ClO2. The normalized spacial score (nSPS) is 27.4. The Kier molecular flexibility index (Phi) is 4.00. The summed E-state index contributed by atoms with van der Waals surface area (Å²) in [7, 11) is 0. The maximum absolute atomic E-state index is 6.20. The predicted molar refractivity (Wildman–Crippen MR) is 73.6 cm³/mol. The molecule has 1 aromatic rings. The van der Waals surface area contributed by atoms with Crippen molar-refractivity contribution >= 4 is 11.6 Å². The van der Waals surface area contributed by atoms with Crippen molar-refractivity contribution in [1.82, 2.24) is 0 Å². The maximum atomic E-state index is 6.20. The average Bonchev–Trinajstić information content (AvgIpc) is 2.29. The van der Waals surface area contributed by atoms with Crippen LogP contribution in [0.4, 0.5) is 0 Å². The zero-order chi connectivity index (χ0) is 13.3. The molecule has 0 amide bonds. The molecule has 0 saturated carbocycles. The lowest BCUT2D eigenvalue weighted by Gasteiger charge is -2.44. The van der Waals surface area contributed by atoms with E-state index in [1.54, 1.807) is 0 Å². The predicted octanol–water partition coefficient (Wildman–Crippen LogP) is 4.44. The van der Waals surface area contributed by atoms with Crippen LogP contribution in [-0.2, 0) is 9.47 Å². The molecule has 3 heteroatoms. The van der Waals surface area contributed by atoms with E-state index in [1.165, 1.54) is 0 Å². The van der Waals surface area contributed by atoms with Gasteiger partial charge < -0.3 is 9.47 Å². The van der Waals surface area contributed by atoms with E-state index in [1.807, 2.05) is 24.3 Å². The summed E-state index contributed by atoms with van der Waals surface area (Å²) in [6.45, 7) is 9.41. The van der Waals surface area contributed by atoms with Crippen molar-refractivity contribution in [1.29, 1.82) is 0 Å². The van der Waals surface area contributed by atoms with E-state index in [4.69, 9.17) is 21.1 Å². The number of rotatable bonds is 2. The Hall–Kier alpha value is -0.570. The van der Waals surface area contributed by atoms with Crippen LogP contribution in [0.5, 0.6) is 0 Å². The molecule has 0 unspecified atom stereocenters. The van der Waals surface area contributed by atoms with Gasteiger partial charge in [0.1, 0.15) is 0 Å². The summed E-state index contributed by atoms with van der Waals surface area (Å²) in [6.07, 6.45) is -0.174. The molecule has 2 atom stereocenters. The lowest BCUT2D eigenvalue weighted by atomic mass is 9.80. The number of ether oxygens (including phenoxy) is 2. The number of hydrogen-bond acceptors (Lipinski definition) is 2. The standard InChI is InChI=1S/C15H21ClO2/c1-10(2)13-15(3,4)9-17-14(18-13)11-7-5-6-8-12(11)16/h5-8,10,13-14H,9H2,1-4H3/t13-,14+/m1/s1. The Morgan fingerprint density at radius 2 is 1.94 bits per heavy atom. The topological polar surface area (TPSA) is 18.5 Å². The van der Waals surface area contributed by atoms with Gasteiger partial charge >= 0.3 is 0 Å². The van der Waals surface area contributed by atoms with E-state index < -0.39 is 0 Å². The Bertz CT molecular complexity index is 415. The van der Waals surface area contributed by atoms with Gasteiger partial charge in [-0.05, 0) is 12.0 Å². The summed E-state index contributed by atoms with van der Waals surface area (Å²) >= 11 is 6.20. The number of hydrogen-bond donors (Lipinski definition) is 0. The van der Waals surface area contributed by atoms with Crippen LogP contribution in [0, 0.1) is 11.3 Å². The molecule has 18 heavy (non-hydrogen) atoms. The summed E-state index contributed by atoms with van der Waals surface area (Å²) in [6, 6.07) is 7.70. The highest BCUT2D eigenvalue weighted by Gasteiger charge is 2.40. The molecule has 2 rings (SSSR count). The van der Waals surface area contributed by atoms with Gasteiger partial charge in [0.05, 0.1) is 12.7 Å². The van der Waals surface area contributed by atoms with Crippen LogP contribution in [0.25, 0.3) is 0 Å². The van der Waals surface area contributed by atoms with Gasteiger partial charge in [0.2, 0.25) is 0 Å². The summed E-state index contributed by atoms with van der Waals surface area (Å²) in [4.78, 5) is 0. The van der Waals surface area contributed by atoms with Gasteiger partial charge in [-0.2, -0.15) is 0 Å². The highest BCUT2D eigenvalue weighted by molar-refractivity contribution is 6.31. The molecule has 0 spiro atoms. The third kappa shape index (κ3) is 2.71. The molecular weight excluding hydrogens is 248 g/mol. The van der Waals surface area contributed by atoms with Gasteiger partial charge in [-0.25, -0.2) is 0 Å². The molecule has 1 aliphatic rings. The Morgan fingerprint density at radius 3 is 2.56 bits per heavy atom. The smallest absolute Gasteiger partial charge is 0.185 e. The third-order valence-corrected chi connectivity index (χ3v) is 3.76. The molecule has 0 aliphatic carbocycles. The highest BCUT2D eigenvalue weighted by atomic mass is 35.5. The van der Waals surface area contributed by atoms with Gasteiger partial charge in [0.25, 0.3) is 0 Å². The van der Waals surface area contributed by atoms with Crippen molar-refractivity contribution in [2.75, 3.05) is 6.61 Å². The van der Waals surface area contributed by atoms with E-state index in [2.05, 4.69) is 27.7 Å². The second-order valence-electron chi connectivity index (χ2n) is 5.95. The minimum absolute atomic E-state index is 0.0337.